The summed E-state index contributed by atoms with van der Waals surface area (Å²) < 4.78 is 13.2. The summed E-state index contributed by atoms with van der Waals surface area (Å²) in [4.78, 5) is 22.0. The van der Waals surface area contributed by atoms with E-state index < -0.39 is 0 Å². The van der Waals surface area contributed by atoms with Crippen LogP contribution in [0.2, 0.25) is 5.02 Å². The van der Waals surface area contributed by atoms with Crippen molar-refractivity contribution in [2.45, 2.75) is 52.6 Å². The zero-order chi connectivity index (χ0) is 26.9. The molecule has 0 aliphatic heterocycles. The van der Waals surface area contributed by atoms with Gasteiger partial charge in [0, 0.05) is 23.2 Å². The number of hydrogen-bond donors (Lipinski definition) is 1. The molecule has 1 unspecified atom stereocenters. The van der Waals surface area contributed by atoms with Crippen LogP contribution in [0.4, 0.5) is 0 Å². The number of nitrogens with zero attached hydrogens (tertiary/aromatic N) is 3. The Labute approximate surface area is 229 Å². The molecule has 2 aromatic carbocycles. The van der Waals surface area contributed by atoms with Gasteiger partial charge in [0.25, 0.3) is 0 Å². The third-order valence-electron chi connectivity index (χ3n) is 6.48. The van der Waals surface area contributed by atoms with Crippen LogP contribution in [0.15, 0.2) is 60.8 Å². The van der Waals surface area contributed by atoms with E-state index in [1.54, 1.807) is 13.3 Å². The molecule has 0 spiro atoms. The molecule has 8 heteroatoms. The molecular weight excluding hydrogens is 500 g/mol. The van der Waals surface area contributed by atoms with Crippen molar-refractivity contribution < 1.29 is 14.3 Å². The molecule has 200 valence electrons. The topological polar surface area (TPSA) is 78.3 Å². The maximum atomic E-state index is 12.7. The van der Waals surface area contributed by atoms with Gasteiger partial charge in [0.15, 0.2) is 5.65 Å². The number of amides is 1. The van der Waals surface area contributed by atoms with Crippen LogP contribution in [-0.4, -0.2) is 34.2 Å². The first-order chi connectivity index (χ1) is 18.5. The molecule has 0 aliphatic carbocycles. The van der Waals surface area contributed by atoms with Gasteiger partial charge in [-0.2, -0.15) is 0 Å². The van der Waals surface area contributed by atoms with E-state index in [9.17, 15) is 4.79 Å². The maximum Gasteiger partial charge on any atom is 0.220 e. The quantitative estimate of drug-likeness (QED) is 0.221. The van der Waals surface area contributed by atoms with Gasteiger partial charge in [-0.3, -0.25) is 4.79 Å². The van der Waals surface area contributed by atoms with Crippen molar-refractivity contribution in [2.24, 2.45) is 5.92 Å². The van der Waals surface area contributed by atoms with Crippen LogP contribution in [0.25, 0.3) is 11.2 Å². The van der Waals surface area contributed by atoms with E-state index in [0.29, 0.717) is 37.1 Å². The molecule has 38 heavy (non-hydrogen) atoms. The van der Waals surface area contributed by atoms with Crippen LogP contribution in [0.3, 0.4) is 0 Å². The van der Waals surface area contributed by atoms with Gasteiger partial charge in [0.1, 0.15) is 22.8 Å². The summed E-state index contributed by atoms with van der Waals surface area (Å²) in [5, 5.41) is 3.75. The van der Waals surface area contributed by atoms with Gasteiger partial charge in [-0.15, -0.1) is 0 Å². The van der Waals surface area contributed by atoms with Crippen molar-refractivity contribution in [1.82, 2.24) is 19.9 Å². The fourth-order valence-electron chi connectivity index (χ4n) is 4.43. The van der Waals surface area contributed by atoms with Gasteiger partial charge in [-0.1, -0.05) is 49.7 Å². The van der Waals surface area contributed by atoms with Crippen LogP contribution in [0.1, 0.15) is 50.1 Å². The molecule has 7 nitrogen and oxygen atoms in total. The lowest BCUT2D eigenvalue weighted by molar-refractivity contribution is -0.121. The number of halogens is 1. The van der Waals surface area contributed by atoms with E-state index >= 15 is 0 Å². The number of benzene rings is 2. The summed E-state index contributed by atoms with van der Waals surface area (Å²) in [6, 6.07) is 17.5. The van der Waals surface area contributed by atoms with Gasteiger partial charge >= 0.3 is 0 Å². The molecule has 4 rings (SSSR count). The zero-order valence-corrected chi connectivity index (χ0v) is 23.0. The highest BCUT2D eigenvalue weighted by Gasteiger charge is 2.16. The number of pyridine rings is 1. The van der Waals surface area contributed by atoms with Crippen molar-refractivity contribution in [1.29, 1.82) is 0 Å². The van der Waals surface area contributed by atoms with E-state index in [0.717, 1.165) is 58.9 Å². The summed E-state index contributed by atoms with van der Waals surface area (Å²) in [6.07, 6.45) is 4.71. The Bertz CT molecular complexity index is 1370. The summed E-state index contributed by atoms with van der Waals surface area (Å²) in [5.74, 6) is 2.65. The number of nitrogens with one attached hydrogen (secondary N) is 1. The van der Waals surface area contributed by atoms with E-state index in [2.05, 4.69) is 24.1 Å². The highest BCUT2D eigenvalue weighted by atomic mass is 35.5. The number of fused-ring (bicyclic) bond motifs is 1. The van der Waals surface area contributed by atoms with Crippen LogP contribution in [0, 0.1) is 5.92 Å². The first-order valence-corrected chi connectivity index (χ1v) is 13.5. The van der Waals surface area contributed by atoms with Crippen molar-refractivity contribution in [3.05, 3.63) is 82.8 Å². The van der Waals surface area contributed by atoms with Crippen molar-refractivity contribution in [2.75, 3.05) is 13.7 Å². The molecule has 2 heterocycles. The number of aromatic nitrogens is 3. The Hall–Kier alpha value is -3.58. The third kappa shape index (κ3) is 7.04. The van der Waals surface area contributed by atoms with Crippen molar-refractivity contribution >= 4 is 28.7 Å². The van der Waals surface area contributed by atoms with Gasteiger partial charge < -0.3 is 19.4 Å². The lowest BCUT2D eigenvalue weighted by atomic mass is 9.96. The van der Waals surface area contributed by atoms with Crippen molar-refractivity contribution in [3.8, 4) is 11.5 Å². The molecule has 1 N–H and O–H groups in total. The number of methoxy groups -OCH3 is 1. The SMILES string of the molecule is CCCOc1ccc(CC(C)CCC(=O)NCc2nc3cccnc3n2Cc2ccccc2OC)c(Cl)c1. The third-order valence-corrected chi connectivity index (χ3v) is 6.83. The summed E-state index contributed by atoms with van der Waals surface area (Å²) in [7, 11) is 1.66. The molecule has 0 radical (unpaired) electrons. The Morgan fingerprint density at radius 1 is 1.13 bits per heavy atom. The number of hydrogen-bond acceptors (Lipinski definition) is 5. The highest BCUT2D eigenvalue weighted by molar-refractivity contribution is 6.31. The number of carbonyl (C=O) groups is 1. The molecule has 1 amide bonds. The molecule has 0 fully saturated rings. The minimum Gasteiger partial charge on any atom is -0.496 e. The second-order valence-corrected chi connectivity index (χ2v) is 9.91. The molecule has 0 saturated heterocycles. The predicted octanol–water partition coefficient (Wildman–Crippen LogP) is 6.21. The number of carbonyl (C=O) groups excluding carboxylic acids is 1. The number of imidazole rings is 1. The smallest absolute Gasteiger partial charge is 0.220 e. The summed E-state index contributed by atoms with van der Waals surface area (Å²) in [5.41, 5.74) is 3.66. The fraction of sp³-hybridized carbons (Fsp3) is 0.367. The molecule has 4 aromatic rings. The minimum absolute atomic E-state index is 0.00452. The minimum atomic E-state index is -0.00452. The van der Waals surface area contributed by atoms with Crippen molar-refractivity contribution in [3.63, 3.8) is 0 Å². The van der Waals surface area contributed by atoms with E-state index in [1.165, 1.54) is 0 Å². The van der Waals surface area contributed by atoms with Gasteiger partial charge in [0.05, 0.1) is 26.8 Å². The van der Waals surface area contributed by atoms with Crippen LogP contribution in [-0.2, 0) is 24.3 Å². The van der Waals surface area contributed by atoms with Crippen LogP contribution >= 0.6 is 11.6 Å². The molecule has 0 saturated carbocycles. The van der Waals surface area contributed by atoms with E-state index in [4.69, 9.17) is 26.1 Å². The molecule has 2 aromatic heterocycles. The highest BCUT2D eigenvalue weighted by Crippen LogP contribution is 2.26. The second-order valence-electron chi connectivity index (χ2n) is 9.50. The second kappa shape index (κ2) is 13.3. The predicted molar refractivity (Wildman–Crippen MR) is 151 cm³/mol. The Morgan fingerprint density at radius 2 is 1.97 bits per heavy atom. The maximum absolute atomic E-state index is 12.7. The average molecular weight is 535 g/mol. The summed E-state index contributed by atoms with van der Waals surface area (Å²) in [6.45, 7) is 5.76. The van der Waals surface area contributed by atoms with Gasteiger partial charge in [0.2, 0.25) is 5.91 Å². The standard InChI is InChI=1S/C30H35ClN4O3/c1-4-16-38-24-13-12-22(25(31)18-24)17-21(2)11-14-29(36)33-19-28-34-26-9-7-15-32-30(26)35(28)20-23-8-5-6-10-27(23)37-3/h5-10,12-13,15,18,21H,4,11,14,16-17,19-20H2,1-3H3,(H,33,36). The first kappa shape index (κ1) is 27.5. The number of rotatable bonds is 13. The lowest BCUT2D eigenvalue weighted by Gasteiger charge is -2.14. The fourth-order valence-corrected chi connectivity index (χ4v) is 4.68. The monoisotopic (exact) mass is 534 g/mol. The number of para-hydroxylation sites is 1. The number of ether oxygens (including phenoxy) is 2. The summed E-state index contributed by atoms with van der Waals surface area (Å²) >= 11 is 6.48. The Morgan fingerprint density at radius 3 is 2.76 bits per heavy atom. The zero-order valence-electron chi connectivity index (χ0n) is 22.2. The molecule has 0 bridgehead atoms. The van der Waals surface area contributed by atoms with E-state index in [1.807, 2.05) is 59.2 Å². The molecule has 1 atom stereocenters. The Kier molecular flexibility index (Phi) is 9.60. The first-order valence-electron chi connectivity index (χ1n) is 13.1. The van der Waals surface area contributed by atoms with Gasteiger partial charge in [-0.25, -0.2) is 9.97 Å². The molecular formula is C30H35ClN4O3. The van der Waals surface area contributed by atoms with Crippen LogP contribution in [0.5, 0.6) is 11.5 Å². The average Bonchev–Trinajstić information content (AvgIpc) is 3.28. The van der Waals surface area contributed by atoms with Crippen LogP contribution < -0.4 is 14.8 Å². The van der Waals surface area contributed by atoms with E-state index in [-0.39, 0.29) is 5.91 Å². The molecule has 0 aliphatic rings. The largest absolute Gasteiger partial charge is 0.496 e. The Balaban J connectivity index is 1.35. The lowest BCUT2D eigenvalue weighted by Crippen LogP contribution is -2.25. The normalized spacial score (nSPS) is 11.9. The van der Waals surface area contributed by atoms with Gasteiger partial charge in [-0.05, 0) is 61.1 Å².